The fourth-order valence-corrected chi connectivity index (χ4v) is 2.72. The number of aromatic nitrogens is 1. The van der Waals surface area contributed by atoms with E-state index in [0.717, 1.165) is 16.5 Å². The molecule has 1 aromatic heterocycles. The van der Waals surface area contributed by atoms with E-state index in [0.29, 0.717) is 22.9 Å². The number of rotatable bonds is 3. The molecule has 2 aromatic carbocycles. The van der Waals surface area contributed by atoms with Crippen LogP contribution in [0.4, 0.5) is 11.4 Å². The van der Waals surface area contributed by atoms with Crippen LogP contribution in [0.25, 0.3) is 10.9 Å². The molecule has 116 valence electrons. The van der Waals surface area contributed by atoms with Gasteiger partial charge in [0.1, 0.15) is 0 Å². The highest BCUT2D eigenvalue weighted by molar-refractivity contribution is 6.34. The molecule has 0 aliphatic carbocycles. The molecule has 0 amide bonds. The van der Waals surface area contributed by atoms with Gasteiger partial charge in [0.25, 0.3) is 0 Å². The van der Waals surface area contributed by atoms with Crippen molar-refractivity contribution >= 4 is 39.8 Å². The minimum absolute atomic E-state index is 0.140. The summed E-state index contributed by atoms with van der Waals surface area (Å²) < 4.78 is 0. The lowest BCUT2D eigenvalue weighted by atomic mass is 10.1. The number of pyridine rings is 1. The largest absolute Gasteiger partial charge is 0.369 e. The molecule has 6 heteroatoms. The molecular weight excluding hydrogens is 310 g/mol. The summed E-state index contributed by atoms with van der Waals surface area (Å²) in [5.74, 6) is -0.140. The van der Waals surface area contributed by atoms with E-state index in [1.807, 2.05) is 42.5 Å². The lowest BCUT2D eigenvalue weighted by Crippen LogP contribution is -2.32. The first kappa shape index (κ1) is 15.3. The molecule has 23 heavy (non-hydrogen) atoms. The zero-order valence-electron chi connectivity index (χ0n) is 12.3. The average Bonchev–Trinajstić information content (AvgIpc) is 2.57. The van der Waals surface area contributed by atoms with Gasteiger partial charge in [-0.05, 0) is 29.8 Å². The summed E-state index contributed by atoms with van der Waals surface area (Å²) in [4.78, 5) is 6.00. The van der Waals surface area contributed by atoms with Crippen LogP contribution in [0.15, 0.2) is 54.7 Å². The van der Waals surface area contributed by atoms with Crippen molar-refractivity contribution in [1.29, 1.82) is 5.41 Å². The maximum absolute atomic E-state index is 8.01. The maximum atomic E-state index is 8.01. The van der Waals surface area contributed by atoms with E-state index in [9.17, 15) is 0 Å². The molecule has 5 N–H and O–H groups in total. The lowest BCUT2D eigenvalue weighted by Gasteiger charge is -2.25. The molecule has 3 rings (SSSR count). The standard InChI is InChI=1S/C17H16ClN5/c18-13-7-6-11(10-19)9-15(13)23(17(20)21)14-5-1-3-12-4-2-8-22-16(12)14/h1-9H,10,19H2,(H3,20,21). The quantitative estimate of drug-likeness (QED) is 0.508. The number of hydrogen-bond donors (Lipinski definition) is 3. The number of para-hydroxylation sites is 1. The molecule has 0 spiro atoms. The first-order chi connectivity index (χ1) is 11.1. The summed E-state index contributed by atoms with van der Waals surface area (Å²) >= 11 is 6.34. The van der Waals surface area contributed by atoms with Gasteiger partial charge in [-0.25, -0.2) is 0 Å². The monoisotopic (exact) mass is 325 g/mol. The minimum atomic E-state index is -0.140. The van der Waals surface area contributed by atoms with Gasteiger partial charge in [0, 0.05) is 18.1 Å². The number of hydrogen-bond acceptors (Lipinski definition) is 3. The summed E-state index contributed by atoms with van der Waals surface area (Å²) in [6.45, 7) is 0.379. The number of benzene rings is 2. The van der Waals surface area contributed by atoms with Gasteiger partial charge in [0.2, 0.25) is 0 Å². The summed E-state index contributed by atoms with van der Waals surface area (Å²) in [5, 5.41) is 9.46. The molecular formula is C17H16ClN5. The predicted molar refractivity (Wildman–Crippen MR) is 95.1 cm³/mol. The van der Waals surface area contributed by atoms with Crippen LogP contribution in [0.3, 0.4) is 0 Å². The van der Waals surface area contributed by atoms with Gasteiger partial charge in [-0.15, -0.1) is 0 Å². The molecule has 0 unspecified atom stereocenters. The lowest BCUT2D eigenvalue weighted by molar-refractivity contribution is 1.07. The first-order valence-electron chi connectivity index (χ1n) is 7.08. The Morgan fingerprint density at radius 1 is 1.13 bits per heavy atom. The Morgan fingerprint density at radius 2 is 1.91 bits per heavy atom. The molecule has 0 atom stereocenters. The SMILES string of the molecule is N=C(N)N(c1cc(CN)ccc1Cl)c1cccc2cccnc12. The van der Waals surface area contributed by atoms with Crippen LogP contribution < -0.4 is 16.4 Å². The zero-order chi connectivity index (χ0) is 16.4. The van der Waals surface area contributed by atoms with E-state index >= 15 is 0 Å². The molecule has 0 radical (unpaired) electrons. The summed E-state index contributed by atoms with van der Waals surface area (Å²) in [6, 6.07) is 15.0. The van der Waals surface area contributed by atoms with Gasteiger partial charge in [-0.3, -0.25) is 15.3 Å². The number of anilines is 2. The van der Waals surface area contributed by atoms with Gasteiger partial charge in [-0.1, -0.05) is 35.9 Å². The number of nitrogens with two attached hydrogens (primary N) is 2. The van der Waals surface area contributed by atoms with Crippen LogP contribution in [0.2, 0.25) is 5.02 Å². The Balaban J connectivity index is 2.25. The third-order valence-electron chi connectivity index (χ3n) is 3.58. The number of halogens is 1. The van der Waals surface area contributed by atoms with Gasteiger partial charge in [0.15, 0.2) is 5.96 Å². The van der Waals surface area contributed by atoms with E-state index in [-0.39, 0.29) is 5.96 Å². The molecule has 0 bridgehead atoms. The molecule has 0 fully saturated rings. The molecule has 1 heterocycles. The van der Waals surface area contributed by atoms with Crippen molar-refractivity contribution < 1.29 is 0 Å². The second kappa shape index (κ2) is 6.24. The third-order valence-corrected chi connectivity index (χ3v) is 3.90. The molecule has 3 aromatic rings. The van der Waals surface area contributed by atoms with Gasteiger partial charge < -0.3 is 11.5 Å². The average molecular weight is 326 g/mol. The van der Waals surface area contributed by atoms with Crippen LogP contribution >= 0.6 is 11.6 Å². The number of nitrogens with zero attached hydrogens (tertiary/aromatic N) is 2. The number of nitrogens with one attached hydrogen (secondary N) is 1. The second-order valence-corrected chi connectivity index (χ2v) is 5.47. The van der Waals surface area contributed by atoms with Crippen molar-refractivity contribution in [2.24, 2.45) is 11.5 Å². The van der Waals surface area contributed by atoms with E-state index in [1.165, 1.54) is 0 Å². The van der Waals surface area contributed by atoms with Crippen molar-refractivity contribution in [3.63, 3.8) is 0 Å². The fourth-order valence-electron chi connectivity index (χ4n) is 2.51. The van der Waals surface area contributed by atoms with Crippen LogP contribution in [-0.4, -0.2) is 10.9 Å². The normalized spacial score (nSPS) is 10.7. The minimum Gasteiger partial charge on any atom is -0.369 e. The fraction of sp³-hybridized carbons (Fsp3) is 0.0588. The highest BCUT2D eigenvalue weighted by Crippen LogP contribution is 2.35. The van der Waals surface area contributed by atoms with Crippen LogP contribution in [0, 0.1) is 5.41 Å². The molecule has 0 aliphatic heterocycles. The Bertz CT molecular complexity index is 872. The third kappa shape index (κ3) is 2.84. The topological polar surface area (TPSA) is 92.0 Å². The second-order valence-electron chi connectivity index (χ2n) is 5.06. The first-order valence-corrected chi connectivity index (χ1v) is 7.46. The van der Waals surface area contributed by atoms with E-state index < -0.39 is 0 Å². The Kier molecular flexibility index (Phi) is 4.14. The van der Waals surface area contributed by atoms with Crippen molar-refractivity contribution in [2.45, 2.75) is 6.54 Å². The Morgan fingerprint density at radius 3 is 2.65 bits per heavy atom. The zero-order valence-corrected chi connectivity index (χ0v) is 13.1. The summed E-state index contributed by atoms with van der Waals surface area (Å²) in [6.07, 6.45) is 1.71. The molecule has 0 saturated carbocycles. The Hall–Kier alpha value is -2.63. The van der Waals surface area contributed by atoms with Crippen LogP contribution in [0.1, 0.15) is 5.56 Å². The molecule has 0 aliphatic rings. The van der Waals surface area contributed by atoms with Crippen molar-refractivity contribution in [3.8, 4) is 0 Å². The van der Waals surface area contributed by atoms with Crippen molar-refractivity contribution in [1.82, 2.24) is 4.98 Å². The van der Waals surface area contributed by atoms with Crippen molar-refractivity contribution in [2.75, 3.05) is 4.90 Å². The number of guanidine groups is 1. The maximum Gasteiger partial charge on any atom is 0.197 e. The highest BCUT2D eigenvalue weighted by Gasteiger charge is 2.19. The number of fused-ring (bicyclic) bond motifs is 1. The van der Waals surface area contributed by atoms with E-state index in [4.69, 9.17) is 28.5 Å². The molecule has 0 saturated heterocycles. The smallest absolute Gasteiger partial charge is 0.197 e. The van der Waals surface area contributed by atoms with Gasteiger partial charge >= 0.3 is 0 Å². The summed E-state index contributed by atoms with van der Waals surface area (Å²) in [7, 11) is 0. The van der Waals surface area contributed by atoms with Gasteiger partial charge in [-0.2, -0.15) is 0 Å². The van der Waals surface area contributed by atoms with Crippen LogP contribution in [-0.2, 0) is 6.54 Å². The predicted octanol–water partition coefficient (Wildman–Crippen LogP) is 3.38. The Labute approximate surface area is 139 Å². The van der Waals surface area contributed by atoms with E-state index in [2.05, 4.69) is 4.98 Å². The highest BCUT2D eigenvalue weighted by atomic mass is 35.5. The van der Waals surface area contributed by atoms with E-state index in [1.54, 1.807) is 17.2 Å². The van der Waals surface area contributed by atoms with Gasteiger partial charge in [0.05, 0.1) is 21.9 Å². The van der Waals surface area contributed by atoms with Crippen LogP contribution in [0.5, 0.6) is 0 Å². The van der Waals surface area contributed by atoms with Crippen molar-refractivity contribution in [3.05, 3.63) is 65.3 Å². The molecule has 5 nitrogen and oxygen atoms in total. The summed E-state index contributed by atoms with van der Waals surface area (Å²) in [5.41, 5.74) is 14.5.